The van der Waals surface area contributed by atoms with Crippen LogP contribution in [0.15, 0.2) is 11.1 Å². The Labute approximate surface area is 109 Å². The normalized spacial score (nSPS) is 12.8. The summed E-state index contributed by atoms with van der Waals surface area (Å²) in [6, 6.07) is 0. The average molecular weight is 252 g/mol. The van der Waals surface area contributed by atoms with Gasteiger partial charge in [0.1, 0.15) is 0 Å². The molecule has 0 aliphatic heterocycles. The van der Waals surface area contributed by atoms with Gasteiger partial charge in [-0.05, 0) is 31.4 Å². The molecule has 3 heteroatoms. The molecule has 0 atom stereocenters. The summed E-state index contributed by atoms with van der Waals surface area (Å²) in [4.78, 5) is 5.58. The minimum absolute atomic E-state index is 0.580. The molecule has 0 aliphatic rings. The lowest BCUT2D eigenvalue weighted by atomic mass is 10.0. The molecule has 0 aliphatic carbocycles. The van der Waals surface area contributed by atoms with E-state index in [1.165, 1.54) is 10.5 Å². The minimum Gasteiger partial charge on any atom is -0.313 e. The lowest BCUT2D eigenvalue weighted by Crippen LogP contribution is -2.23. The molecule has 0 aromatic carbocycles. The molecular formula is C14H24N2S. The van der Waals surface area contributed by atoms with Crippen molar-refractivity contribution < 1.29 is 0 Å². The molecule has 0 amide bonds. The highest BCUT2D eigenvalue weighted by atomic mass is 32.1. The molecule has 1 aromatic rings. The summed E-state index contributed by atoms with van der Waals surface area (Å²) < 4.78 is 0. The number of aryl methyl sites for hydroxylation is 1. The fraction of sp³-hybridized carbons (Fsp3) is 0.643. The third kappa shape index (κ3) is 5.00. The SMILES string of the molecule is Cc1ncsc1C=C(CNCC(C)C)C(C)C. The third-order valence-corrected chi connectivity index (χ3v) is 3.60. The van der Waals surface area contributed by atoms with Gasteiger partial charge >= 0.3 is 0 Å². The van der Waals surface area contributed by atoms with Gasteiger partial charge in [0.2, 0.25) is 0 Å². The molecule has 0 bridgehead atoms. The highest BCUT2D eigenvalue weighted by Crippen LogP contribution is 2.19. The quantitative estimate of drug-likeness (QED) is 0.834. The number of nitrogens with one attached hydrogen (secondary N) is 1. The maximum atomic E-state index is 4.29. The largest absolute Gasteiger partial charge is 0.313 e. The average Bonchev–Trinajstić information content (AvgIpc) is 2.62. The molecular weight excluding hydrogens is 228 g/mol. The molecule has 1 aromatic heterocycles. The number of rotatable bonds is 6. The van der Waals surface area contributed by atoms with E-state index in [4.69, 9.17) is 0 Å². The van der Waals surface area contributed by atoms with Crippen LogP contribution < -0.4 is 5.32 Å². The monoisotopic (exact) mass is 252 g/mol. The number of thiazole rings is 1. The summed E-state index contributed by atoms with van der Waals surface area (Å²) in [5.41, 5.74) is 4.51. The molecule has 0 spiro atoms. The Hall–Kier alpha value is -0.670. The van der Waals surface area contributed by atoms with Crippen LogP contribution in [0.2, 0.25) is 0 Å². The van der Waals surface area contributed by atoms with Crippen LogP contribution in [0.4, 0.5) is 0 Å². The Morgan fingerprint density at radius 2 is 2.12 bits per heavy atom. The molecule has 0 saturated carbocycles. The van der Waals surface area contributed by atoms with E-state index in [1.807, 2.05) is 5.51 Å². The number of aromatic nitrogens is 1. The van der Waals surface area contributed by atoms with Crippen LogP contribution >= 0.6 is 11.3 Å². The zero-order chi connectivity index (χ0) is 12.8. The minimum atomic E-state index is 0.580. The van der Waals surface area contributed by atoms with Gasteiger partial charge in [-0.2, -0.15) is 0 Å². The van der Waals surface area contributed by atoms with E-state index in [9.17, 15) is 0 Å². The summed E-state index contributed by atoms with van der Waals surface area (Å²) in [5.74, 6) is 1.28. The van der Waals surface area contributed by atoms with Crippen LogP contribution in [-0.2, 0) is 0 Å². The van der Waals surface area contributed by atoms with Crippen LogP contribution in [0.25, 0.3) is 6.08 Å². The Morgan fingerprint density at radius 1 is 1.41 bits per heavy atom. The van der Waals surface area contributed by atoms with Gasteiger partial charge in [-0.3, -0.25) is 0 Å². The van der Waals surface area contributed by atoms with Gasteiger partial charge in [-0.25, -0.2) is 4.98 Å². The highest BCUT2D eigenvalue weighted by Gasteiger charge is 2.06. The van der Waals surface area contributed by atoms with Crippen LogP contribution in [0, 0.1) is 18.8 Å². The fourth-order valence-corrected chi connectivity index (χ4v) is 2.31. The topological polar surface area (TPSA) is 24.9 Å². The van der Waals surface area contributed by atoms with E-state index in [0.717, 1.165) is 18.8 Å². The molecule has 0 radical (unpaired) electrons. The molecule has 2 nitrogen and oxygen atoms in total. The van der Waals surface area contributed by atoms with Gasteiger partial charge in [0, 0.05) is 11.4 Å². The van der Waals surface area contributed by atoms with Crippen molar-refractivity contribution in [2.45, 2.75) is 34.6 Å². The first kappa shape index (κ1) is 14.4. The second-order valence-electron chi connectivity index (χ2n) is 5.20. The van der Waals surface area contributed by atoms with Crippen LogP contribution in [0.1, 0.15) is 38.3 Å². The van der Waals surface area contributed by atoms with Crippen molar-refractivity contribution in [3.05, 3.63) is 21.7 Å². The third-order valence-electron chi connectivity index (χ3n) is 2.72. The Morgan fingerprint density at radius 3 is 2.59 bits per heavy atom. The summed E-state index contributed by atoms with van der Waals surface area (Å²) in [5, 5.41) is 3.51. The summed E-state index contributed by atoms with van der Waals surface area (Å²) in [6.45, 7) is 13.1. The van der Waals surface area contributed by atoms with Gasteiger partial charge in [-0.1, -0.05) is 33.3 Å². The Bertz CT molecular complexity index is 364. The van der Waals surface area contributed by atoms with Crippen LogP contribution in [0.3, 0.4) is 0 Å². The van der Waals surface area contributed by atoms with E-state index < -0.39 is 0 Å². The second kappa shape index (κ2) is 6.92. The molecule has 1 N–H and O–H groups in total. The first-order valence-corrected chi connectivity index (χ1v) is 7.20. The number of hydrogen-bond donors (Lipinski definition) is 1. The molecule has 0 unspecified atom stereocenters. The first-order valence-electron chi connectivity index (χ1n) is 6.32. The molecule has 1 rings (SSSR count). The van der Waals surface area contributed by atoms with Crippen molar-refractivity contribution in [3.63, 3.8) is 0 Å². The Kier molecular flexibility index (Phi) is 5.86. The van der Waals surface area contributed by atoms with Gasteiger partial charge in [0.05, 0.1) is 11.2 Å². The van der Waals surface area contributed by atoms with Gasteiger partial charge in [0.15, 0.2) is 0 Å². The zero-order valence-electron chi connectivity index (χ0n) is 11.6. The van der Waals surface area contributed by atoms with Crippen LogP contribution in [0.5, 0.6) is 0 Å². The Balaban J connectivity index is 2.66. The molecule has 17 heavy (non-hydrogen) atoms. The van der Waals surface area contributed by atoms with E-state index >= 15 is 0 Å². The summed E-state index contributed by atoms with van der Waals surface area (Å²) in [7, 11) is 0. The maximum Gasteiger partial charge on any atom is 0.0801 e. The lowest BCUT2D eigenvalue weighted by Gasteiger charge is -2.14. The predicted octanol–water partition coefficient (Wildman–Crippen LogP) is 3.74. The van der Waals surface area contributed by atoms with Gasteiger partial charge in [-0.15, -0.1) is 11.3 Å². The van der Waals surface area contributed by atoms with E-state index in [1.54, 1.807) is 11.3 Å². The van der Waals surface area contributed by atoms with E-state index in [-0.39, 0.29) is 0 Å². The van der Waals surface area contributed by atoms with Crippen molar-refractivity contribution in [1.82, 2.24) is 10.3 Å². The molecule has 0 saturated heterocycles. The number of nitrogens with zero attached hydrogens (tertiary/aromatic N) is 1. The molecule has 0 fully saturated rings. The van der Waals surface area contributed by atoms with Crippen molar-refractivity contribution in [1.29, 1.82) is 0 Å². The number of hydrogen-bond acceptors (Lipinski definition) is 3. The van der Waals surface area contributed by atoms with Crippen molar-refractivity contribution >= 4 is 17.4 Å². The zero-order valence-corrected chi connectivity index (χ0v) is 12.4. The summed E-state index contributed by atoms with van der Waals surface area (Å²) >= 11 is 1.72. The van der Waals surface area contributed by atoms with Gasteiger partial charge < -0.3 is 5.32 Å². The smallest absolute Gasteiger partial charge is 0.0801 e. The van der Waals surface area contributed by atoms with Crippen molar-refractivity contribution in [2.24, 2.45) is 11.8 Å². The lowest BCUT2D eigenvalue weighted by molar-refractivity contribution is 0.558. The van der Waals surface area contributed by atoms with E-state index in [2.05, 4.69) is 51.0 Å². The first-order chi connectivity index (χ1) is 8.00. The summed E-state index contributed by atoms with van der Waals surface area (Å²) in [6.07, 6.45) is 2.30. The second-order valence-corrected chi connectivity index (χ2v) is 6.09. The highest BCUT2D eigenvalue weighted by molar-refractivity contribution is 7.10. The van der Waals surface area contributed by atoms with Crippen molar-refractivity contribution in [2.75, 3.05) is 13.1 Å². The standard InChI is InChI=1S/C14H24N2S/c1-10(2)7-15-8-13(11(3)4)6-14-12(5)16-9-17-14/h6,9-11,15H,7-8H2,1-5H3. The fourth-order valence-electron chi connectivity index (χ4n) is 1.54. The molecule has 96 valence electrons. The predicted molar refractivity (Wildman–Crippen MR) is 77.4 cm³/mol. The van der Waals surface area contributed by atoms with E-state index in [0.29, 0.717) is 11.8 Å². The van der Waals surface area contributed by atoms with Crippen molar-refractivity contribution in [3.8, 4) is 0 Å². The maximum absolute atomic E-state index is 4.29. The van der Waals surface area contributed by atoms with Crippen LogP contribution in [-0.4, -0.2) is 18.1 Å². The van der Waals surface area contributed by atoms with Gasteiger partial charge in [0.25, 0.3) is 0 Å². The molecule has 1 heterocycles.